The van der Waals surface area contributed by atoms with E-state index in [1.54, 1.807) is 18.2 Å². The maximum atomic E-state index is 10.7. The van der Waals surface area contributed by atoms with Crippen LogP contribution in [-0.4, -0.2) is 22.3 Å². The van der Waals surface area contributed by atoms with Gasteiger partial charge in [0.1, 0.15) is 11.0 Å². The van der Waals surface area contributed by atoms with Crippen LogP contribution in [0.3, 0.4) is 0 Å². The van der Waals surface area contributed by atoms with Gasteiger partial charge in [-0.1, -0.05) is 6.07 Å². The lowest BCUT2D eigenvalue weighted by Crippen LogP contribution is -2.37. The van der Waals surface area contributed by atoms with Gasteiger partial charge in [-0.2, -0.15) is 10.1 Å². The Morgan fingerprint density at radius 2 is 2.40 bits per heavy atom. The fourth-order valence-corrected chi connectivity index (χ4v) is 1.27. The minimum Gasteiger partial charge on any atom is -0.463 e. The smallest absolute Gasteiger partial charge is 0.432 e. The van der Waals surface area contributed by atoms with Gasteiger partial charge in [0.05, 0.1) is 5.22 Å². The molecule has 0 bridgehead atoms. The van der Waals surface area contributed by atoms with E-state index in [0.717, 1.165) is 5.01 Å². The average molecular weight is 206 g/mol. The van der Waals surface area contributed by atoms with Gasteiger partial charge < -0.3 is 10.3 Å². The van der Waals surface area contributed by atoms with Crippen molar-refractivity contribution < 1.29 is 15.1 Å². The third-order valence-corrected chi connectivity index (χ3v) is 1.88. The number of anilines is 1. The van der Waals surface area contributed by atoms with Crippen molar-refractivity contribution in [2.24, 2.45) is 10.3 Å². The largest absolute Gasteiger partial charge is 0.463 e. The third kappa shape index (κ3) is 1.36. The number of fused-ring (bicyclic) bond motifs is 1. The van der Waals surface area contributed by atoms with Gasteiger partial charge in [-0.25, -0.2) is 10.3 Å². The molecule has 0 saturated carbocycles. The van der Waals surface area contributed by atoms with Crippen LogP contribution in [0.4, 0.5) is 10.5 Å². The number of hydrazine groups is 1. The maximum absolute atomic E-state index is 10.7. The highest BCUT2D eigenvalue weighted by molar-refractivity contribution is 5.85. The van der Waals surface area contributed by atoms with Crippen molar-refractivity contribution in [1.82, 2.24) is 5.53 Å². The van der Waals surface area contributed by atoms with Crippen LogP contribution in [0, 0.1) is 0 Å². The molecule has 15 heavy (non-hydrogen) atoms. The van der Waals surface area contributed by atoms with Gasteiger partial charge in [-0.05, 0) is 17.3 Å². The molecule has 76 valence electrons. The predicted molar refractivity (Wildman–Crippen MR) is 49.2 cm³/mol. The quantitative estimate of drug-likeness (QED) is 0.287. The summed E-state index contributed by atoms with van der Waals surface area (Å²) in [4.78, 5) is 10.7. The Bertz CT molecular complexity index is 562. The highest BCUT2D eigenvalue weighted by Gasteiger charge is 2.20. The van der Waals surface area contributed by atoms with Crippen LogP contribution in [0.5, 0.6) is 0 Å². The zero-order chi connectivity index (χ0) is 10.8. The summed E-state index contributed by atoms with van der Waals surface area (Å²) in [6.07, 6.45) is -1.17. The molecule has 3 N–H and O–H groups in total. The molecule has 0 atom stereocenters. The van der Waals surface area contributed by atoms with Gasteiger partial charge in [0, 0.05) is 5.87 Å². The van der Waals surface area contributed by atoms with E-state index in [2.05, 4.69) is 21.7 Å². The molecular weight excluding hydrogens is 200 g/mol. The van der Waals surface area contributed by atoms with E-state index in [-0.39, 0.29) is 0 Å². The molecule has 0 fully saturated rings. The molecule has 0 radical (unpaired) electrons. The summed E-state index contributed by atoms with van der Waals surface area (Å²) in [5.41, 5.74) is 2.69. The molecule has 1 aromatic rings. The second-order valence-corrected chi connectivity index (χ2v) is 2.71. The Balaban J connectivity index is 2.72. The monoisotopic (exact) mass is 206 g/mol. The Morgan fingerprint density at radius 3 is 3.07 bits per heavy atom. The number of hydrogen-bond acceptors (Lipinski definition) is 5. The topological polar surface area (TPSA) is 97.5 Å². The molecule has 0 spiro atoms. The van der Waals surface area contributed by atoms with Crippen molar-refractivity contribution in [2.75, 3.05) is 5.01 Å². The highest BCUT2D eigenvalue weighted by Crippen LogP contribution is 2.06. The first-order valence-corrected chi connectivity index (χ1v) is 3.96. The summed E-state index contributed by atoms with van der Waals surface area (Å²) >= 11 is 0. The molecule has 1 aliphatic heterocycles. The van der Waals surface area contributed by atoms with Crippen LogP contribution < -0.4 is 21.1 Å². The molecule has 1 amide bonds. The van der Waals surface area contributed by atoms with Crippen molar-refractivity contribution >= 4 is 17.7 Å². The molecule has 1 aromatic carbocycles. The Hall–Kier alpha value is -2.53. The number of rotatable bonds is 0. The zero-order valence-electron chi connectivity index (χ0n) is 7.38. The first-order valence-electron chi connectivity index (χ1n) is 3.96. The fourth-order valence-electron chi connectivity index (χ4n) is 1.27. The van der Waals surface area contributed by atoms with Crippen molar-refractivity contribution in [1.29, 1.82) is 0 Å². The third-order valence-electron chi connectivity index (χ3n) is 1.88. The van der Waals surface area contributed by atoms with Crippen molar-refractivity contribution in [3.05, 3.63) is 28.8 Å². The molecule has 0 aliphatic carbocycles. The van der Waals surface area contributed by atoms with Gasteiger partial charge in [0.2, 0.25) is 0 Å². The van der Waals surface area contributed by atoms with Crippen LogP contribution in [0.25, 0.3) is 0 Å². The molecule has 7 heteroatoms. The Morgan fingerprint density at radius 1 is 1.60 bits per heavy atom. The second-order valence-electron chi connectivity index (χ2n) is 2.71. The number of hydrogen-bond donors (Lipinski definition) is 3. The predicted octanol–water partition coefficient (Wildman–Crippen LogP) is -1.05. The lowest BCUT2D eigenvalue weighted by atomic mass is 10.2. The van der Waals surface area contributed by atoms with Gasteiger partial charge in [0.25, 0.3) is 0 Å². The second kappa shape index (κ2) is 3.32. The van der Waals surface area contributed by atoms with Gasteiger partial charge in [-0.3, -0.25) is 0 Å². The maximum Gasteiger partial charge on any atom is 0.432 e. The van der Waals surface area contributed by atoms with Crippen LogP contribution in [0.2, 0.25) is 0 Å². The van der Waals surface area contributed by atoms with E-state index >= 15 is 0 Å². The highest BCUT2D eigenvalue weighted by atomic mass is 16.4. The van der Waals surface area contributed by atoms with Gasteiger partial charge in [0.15, 0.2) is 0 Å². The lowest BCUT2D eigenvalue weighted by Gasteiger charge is -2.10. The van der Waals surface area contributed by atoms with E-state index in [9.17, 15) is 4.79 Å². The zero-order valence-corrected chi connectivity index (χ0v) is 7.38. The van der Waals surface area contributed by atoms with Crippen molar-refractivity contribution in [2.45, 2.75) is 0 Å². The number of amides is 1. The summed E-state index contributed by atoms with van der Waals surface area (Å²) in [5.74, 6) is 2.29. The average Bonchev–Trinajstić information content (AvgIpc) is 2.62. The van der Waals surface area contributed by atoms with E-state index in [1.165, 1.54) is 0 Å². The Labute approximate surface area is 83.2 Å². The summed E-state index contributed by atoms with van der Waals surface area (Å²) in [7, 11) is 0. The van der Waals surface area contributed by atoms with Crippen LogP contribution >= 0.6 is 0 Å². The first kappa shape index (κ1) is 9.04. The molecule has 0 unspecified atom stereocenters. The van der Waals surface area contributed by atoms with Crippen LogP contribution in [0.1, 0.15) is 0 Å². The number of carboxylic acid groups (broad SMARTS) is 1. The van der Waals surface area contributed by atoms with E-state index in [1.807, 2.05) is 0 Å². The molecule has 1 aliphatic rings. The molecule has 0 saturated heterocycles. The fraction of sp³-hybridized carbons (Fsp3) is 0. The number of nitrogens with one attached hydrogen (secondary N) is 1. The number of carbonyl (C=O) groups is 1. The van der Waals surface area contributed by atoms with Crippen molar-refractivity contribution in [3.8, 4) is 0 Å². The van der Waals surface area contributed by atoms with Gasteiger partial charge >= 0.3 is 6.09 Å². The van der Waals surface area contributed by atoms with Crippen LogP contribution in [-0.2, 0) is 0 Å². The van der Waals surface area contributed by atoms with Crippen LogP contribution in [0.15, 0.2) is 28.5 Å². The van der Waals surface area contributed by atoms with Gasteiger partial charge in [-0.15, -0.1) is 0 Å². The number of para-hydroxylation sites is 1. The molecule has 0 aromatic heterocycles. The Kier molecular flexibility index (Phi) is 2.00. The van der Waals surface area contributed by atoms with Crippen molar-refractivity contribution in [3.63, 3.8) is 0 Å². The number of benzene rings is 1. The minimum absolute atomic E-state index is 0.371. The molecule has 2 rings (SSSR count). The van der Waals surface area contributed by atoms with E-state index in [4.69, 9.17) is 10.3 Å². The lowest BCUT2D eigenvalue weighted by molar-refractivity contribution is 0.199. The standard InChI is InChI=1S/C8H6N4O3/c13-8(14)12-6-3-1-2-5(4-9-15)7(6)10-11-12/h1-3,11,15H,(H,13,14). The summed E-state index contributed by atoms with van der Waals surface area (Å²) < 4.78 is 0. The van der Waals surface area contributed by atoms with E-state index < -0.39 is 6.09 Å². The van der Waals surface area contributed by atoms with E-state index in [0.29, 0.717) is 16.3 Å². The molecule has 1 heterocycles. The number of nitrogens with zero attached hydrogens (tertiary/aromatic N) is 3. The first-order chi connectivity index (χ1) is 7.24. The normalized spacial score (nSPS) is 12.1. The molecular formula is C8H6N4O3. The molecule has 7 nitrogen and oxygen atoms in total. The summed E-state index contributed by atoms with van der Waals surface area (Å²) in [6.45, 7) is 0. The summed E-state index contributed by atoms with van der Waals surface area (Å²) in [6, 6.07) is 4.80. The minimum atomic E-state index is -1.17. The SMILES string of the molecule is O=C(O)N1NN=c2c1cccc2=C=NO. The summed E-state index contributed by atoms with van der Waals surface area (Å²) in [5, 5.41) is 25.3.